The van der Waals surface area contributed by atoms with Crippen LogP contribution < -0.4 is 10.2 Å². The number of hydrogen-bond acceptors (Lipinski definition) is 17. The highest BCUT2D eigenvalue weighted by atomic mass is 16.7. The van der Waals surface area contributed by atoms with Gasteiger partial charge in [-0.3, -0.25) is 14.4 Å². The molecule has 3 aromatic rings. The lowest BCUT2D eigenvalue weighted by atomic mass is 9.98. The van der Waals surface area contributed by atoms with Gasteiger partial charge in [-0.25, -0.2) is 0 Å². The number of carbonyl (C=O) groups is 2. The summed E-state index contributed by atoms with van der Waals surface area (Å²) in [5.74, 6) is -3.98. The molecule has 1 aromatic heterocycles. The van der Waals surface area contributed by atoms with Crippen LogP contribution in [-0.2, 0) is 33.3 Å². The second kappa shape index (κ2) is 13.9. The third-order valence-corrected chi connectivity index (χ3v) is 7.78. The predicted octanol–water partition coefficient (Wildman–Crippen LogP) is -0.251. The van der Waals surface area contributed by atoms with E-state index in [2.05, 4.69) is 0 Å². The van der Waals surface area contributed by atoms with E-state index < -0.39 is 108 Å². The first-order valence-corrected chi connectivity index (χ1v) is 14.6. The summed E-state index contributed by atoms with van der Waals surface area (Å²) < 4.78 is 38.7. The molecule has 48 heavy (non-hydrogen) atoms. The van der Waals surface area contributed by atoms with Crippen molar-refractivity contribution in [3.05, 3.63) is 46.6 Å². The summed E-state index contributed by atoms with van der Waals surface area (Å²) in [5, 5.41) is 73.0. The first kappa shape index (κ1) is 34.8. The van der Waals surface area contributed by atoms with E-state index in [1.165, 1.54) is 31.2 Å². The van der Waals surface area contributed by atoms with Crippen molar-refractivity contribution in [2.24, 2.45) is 0 Å². The van der Waals surface area contributed by atoms with Gasteiger partial charge in [0, 0.05) is 31.5 Å². The smallest absolute Gasteiger partial charge is 0.303 e. The average Bonchev–Trinajstić information content (AvgIpc) is 3.02. The van der Waals surface area contributed by atoms with E-state index in [1.807, 2.05) is 0 Å². The molecule has 5 rings (SSSR count). The molecular formula is C31H34O17. The SMILES string of the molecule is CC(=O)O[C@@H]1[C@@H](O)[C@H](C)O[C@@H](OC[C@H]2O[C@@H](Oc3cc4oc(-c5ccc(O)cc5)cc(=O)c4c(O)c3O)[C@H](O)[C@@H](O)[C@@H]2O)[C@@H]1OC(C)=O. The van der Waals surface area contributed by atoms with Crippen LogP contribution in [0.5, 0.6) is 23.0 Å². The Labute approximate surface area is 271 Å². The van der Waals surface area contributed by atoms with Gasteiger partial charge in [0.1, 0.15) is 53.0 Å². The van der Waals surface area contributed by atoms with Gasteiger partial charge < -0.3 is 68.6 Å². The van der Waals surface area contributed by atoms with E-state index in [0.717, 1.165) is 26.0 Å². The van der Waals surface area contributed by atoms with E-state index in [-0.39, 0.29) is 17.1 Å². The maximum Gasteiger partial charge on any atom is 0.303 e. The fraction of sp³-hybridized carbons (Fsp3) is 0.452. The molecule has 7 N–H and O–H groups in total. The van der Waals surface area contributed by atoms with Gasteiger partial charge in [-0.05, 0) is 31.2 Å². The van der Waals surface area contributed by atoms with Crippen LogP contribution in [0.4, 0.5) is 0 Å². The van der Waals surface area contributed by atoms with Crippen LogP contribution in [0.2, 0.25) is 0 Å². The zero-order chi connectivity index (χ0) is 35.0. The number of fused-ring (bicyclic) bond motifs is 1. The summed E-state index contributed by atoms with van der Waals surface area (Å²) in [6.07, 6.45) is -15.6. The van der Waals surface area contributed by atoms with Crippen molar-refractivity contribution in [1.82, 2.24) is 0 Å². The molecule has 2 fully saturated rings. The lowest BCUT2D eigenvalue weighted by Crippen LogP contribution is -2.62. The highest BCUT2D eigenvalue weighted by Gasteiger charge is 2.50. The molecule has 260 valence electrons. The minimum atomic E-state index is -1.92. The quantitative estimate of drug-likeness (QED) is 0.120. The summed E-state index contributed by atoms with van der Waals surface area (Å²) in [7, 11) is 0. The topological polar surface area (TPSA) is 261 Å². The predicted molar refractivity (Wildman–Crippen MR) is 158 cm³/mol. The number of aliphatic hydroxyl groups is 4. The van der Waals surface area contributed by atoms with Crippen LogP contribution >= 0.6 is 0 Å². The van der Waals surface area contributed by atoms with E-state index in [1.54, 1.807) is 0 Å². The highest BCUT2D eigenvalue weighted by Crippen LogP contribution is 2.43. The summed E-state index contributed by atoms with van der Waals surface area (Å²) in [5.41, 5.74) is -0.571. The van der Waals surface area contributed by atoms with Crippen LogP contribution in [0.1, 0.15) is 20.8 Å². The van der Waals surface area contributed by atoms with E-state index in [9.17, 15) is 50.1 Å². The largest absolute Gasteiger partial charge is 0.508 e. The molecular weight excluding hydrogens is 644 g/mol. The molecule has 17 nitrogen and oxygen atoms in total. The maximum absolute atomic E-state index is 12.8. The van der Waals surface area contributed by atoms with Crippen LogP contribution in [-0.4, -0.2) is 116 Å². The Morgan fingerprint density at radius 2 is 1.44 bits per heavy atom. The highest BCUT2D eigenvalue weighted by molar-refractivity contribution is 5.89. The molecule has 0 unspecified atom stereocenters. The lowest BCUT2D eigenvalue weighted by molar-refractivity contribution is -0.320. The number of aromatic hydroxyl groups is 3. The fourth-order valence-electron chi connectivity index (χ4n) is 5.36. The van der Waals surface area contributed by atoms with Crippen molar-refractivity contribution in [1.29, 1.82) is 0 Å². The normalized spacial score (nSPS) is 30.5. The Hall–Kier alpha value is -4.49. The third kappa shape index (κ3) is 7.02. The molecule has 0 bridgehead atoms. The van der Waals surface area contributed by atoms with Gasteiger partial charge in [-0.1, -0.05) is 0 Å². The zero-order valence-electron chi connectivity index (χ0n) is 25.7. The van der Waals surface area contributed by atoms with Gasteiger partial charge >= 0.3 is 11.9 Å². The summed E-state index contributed by atoms with van der Waals surface area (Å²) in [6, 6.07) is 7.79. The molecule has 0 aliphatic carbocycles. The Balaban J connectivity index is 1.38. The van der Waals surface area contributed by atoms with Crippen molar-refractivity contribution in [3.63, 3.8) is 0 Å². The number of phenolic OH excluding ortho intramolecular Hbond substituents is 3. The molecule has 2 aliphatic rings. The van der Waals surface area contributed by atoms with Gasteiger partial charge in [0.25, 0.3) is 0 Å². The van der Waals surface area contributed by atoms with Gasteiger partial charge in [0.15, 0.2) is 35.4 Å². The zero-order valence-corrected chi connectivity index (χ0v) is 25.7. The third-order valence-electron chi connectivity index (χ3n) is 7.78. The molecule has 2 aromatic carbocycles. The molecule has 2 saturated heterocycles. The number of esters is 2. The first-order valence-electron chi connectivity index (χ1n) is 14.6. The minimum absolute atomic E-state index is 0.0304. The van der Waals surface area contributed by atoms with Gasteiger partial charge in [0.2, 0.25) is 12.0 Å². The number of hydrogen-bond donors (Lipinski definition) is 7. The number of rotatable bonds is 8. The Morgan fingerprint density at radius 3 is 2.08 bits per heavy atom. The van der Waals surface area contributed by atoms with E-state index in [0.29, 0.717) is 5.56 Å². The molecule has 10 atom stereocenters. The van der Waals surface area contributed by atoms with Crippen LogP contribution in [0, 0.1) is 0 Å². The Bertz CT molecular complexity index is 1700. The van der Waals surface area contributed by atoms with Crippen LogP contribution in [0.3, 0.4) is 0 Å². The van der Waals surface area contributed by atoms with Crippen molar-refractivity contribution < 1.29 is 78.2 Å². The summed E-state index contributed by atoms with van der Waals surface area (Å²) >= 11 is 0. The van der Waals surface area contributed by atoms with Crippen LogP contribution in [0.15, 0.2) is 45.6 Å². The second-order valence-corrected chi connectivity index (χ2v) is 11.3. The summed E-state index contributed by atoms with van der Waals surface area (Å²) in [6.45, 7) is 2.99. The van der Waals surface area contributed by atoms with Crippen LogP contribution in [0.25, 0.3) is 22.3 Å². The van der Waals surface area contributed by atoms with Crippen molar-refractivity contribution in [2.45, 2.75) is 82.2 Å². The number of phenols is 3. The van der Waals surface area contributed by atoms with Crippen molar-refractivity contribution in [3.8, 4) is 34.3 Å². The van der Waals surface area contributed by atoms with Gasteiger partial charge in [-0.2, -0.15) is 0 Å². The Morgan fingerprint density at radius 1 is 0.792 bits per heavy atom. The number of benzene rings is 2. The summed E-state index contributed by atoms with van der Waals surface area (Å²) in [4.78, 5) is 36.4. The molecule has 0 radical (unpaired) electrons. The maximum atomic E-state index is 12.8. The molecule has 3 heterocycles. The Kier molecular flexibility index (Phi) is 10.1. The number of carbonyl (C=O) groups excluding carboxylic acids is 2. The van der Waals surface area contributed by atoms with E-state index in [4.69, 9.17) is 32.8 Å². The van der Waals surface area contributed by atoms with E-state index >= 15 is 0 Å². The van der Waals surface area contributed by atoms with Crippen molar-refractivity contribution in [2.75, 3.05) is 6.61 Å². The number of ether oxygens (including phenoxy) is 6. The molecule has 0 saturated carbocycles. The van der Waals surface area contributed by atoms with Crippen molar-refractivity contribution >= 4 is 22.9 Å². The molecule has 0 spiro atoms. The van der Waals surface area contributed by atoms with Gasteiger partial charge in [0.05, 0.1) is 12.7 Å². The standard InChI is InChI=1S/C31H34O17/c1-11-22(36)28(44-12(2)32)29(45-13(3)33)31(43-11)42-10-20-24(38)26(40)27(41)30(48-20)47-19-9-18-21(25(39)23(19)37)16(35)8-17(46-18)14-4-6-15(34)7-5-14/h4-9,11,20,22,24,26-31,34,36-41H,10H2,1-3H3/t11-,20+,22-,24+,26-,27+,28+,29+,30+,31+/m0/s1. The number of aliphatic hydroxyl groups excluding tert-OH is 4. The fourth-order valence-corrected chi connectivity index (χ4v) is 5.36. The van der Waals surface area contributed by atoms with Gasteiger partial charge in [-0.15, -0.1) is 0 Å². The average molecular weight is 679 g/mol. The minimum Gasteiger partial charge on any atom is -0.508 e. The second-order valence-electron chi connectivity index (χ2n) is 11.3. The first-order chi connectivity index (χ1) is 22.7. The molecule has 2 aliphatic heterocycles. The monoisotopic (exact) mass is 678 g/mol. The molecule has 17 heteroatoms. The molecule has 0 amide bonds. The lowest BCUT2D eigenvalue weighted by Gasteiger charge is -2.43.